The molecule has 3 saturated heterocycles. The number of methoxy groups -OCH3 is 3. The van der Waals surface area contributed by atoms with Gasteiger partial charge in [-0.3, -0.25) is 14.5 Å². The molecule has 6 heterocycles. The number of rotatable bonds is 5. The van der Waals surface area contributed by atoms with E-state index >= 15 is 0 Å². The van der Waals surface area contributed by atoms with Crippen LogP contribution in [0, 0.1) is 23.7 Å². The molecule has 4 aromatic rings. The van der Waals surface area contributed by atoms with Crippen molar-refractivity contribution in [1.82, 2.24) is 20.2 Å². The number of ether oxygens (including phenoxy) is 3. The van der Waals surface area contributed by atoms with Gasteiger partial charge < -0.3 is 29.5 Å². The molecule has 4 aliphatic heterocycles. The van der Waals surface area contributed by atoms with E-state index in [1.807, 2.05) is 0 Å². The van der Waals surface area contributed by atoms with Gasteiger partial charge in [0.25, 0.3) is 0 Å². The van der Waals surface area contributed by atoms with Crippen molar-refractivity contribution < 1.29 is 23.8 Å². The van der Waals surface area contributed by atoms with Gasteiger partial charge in [-0.05, 0) is 86.1 Å². The van der Waals surface area contributed by atoms with Crippen LogP contribution in [0.5, 0.6) is 5.75 Å². The van der Waals surface area contributed by atoms with Crippen LogP contribution in [0.25, 0.3) is 21.8 Å². The summed E-state index contributed by atoms with van der Waals surface area (Å²) >= 11 is 0. The molecule has 9 atom stereocenters. The first-order chi connectivity index (χ1) is 24.8. The van der Waals surface area contributed by atoms with E-state index in [9.17, 15) is 9.59 Å². The summed E-state index contributed by atoms with van der Waals surface area (Å²) < 4.78 is 17.5. The number of allylic oxidation sites excluding steroid dienone is 1. The fourth-order valence-electron chi connectivity index (χ4n) is 11.7. The first kappa shape index (κ1) is 32.8. The molecule has 268 valence electrons. The minimum atomic E-state index is -0.724. The predicted molar refractivity (Wildman–Crippen MR) is 197 cm³/mol. The maximum absolute atomic E-state index is 14.2. The molecule has 9 heteroatoms. The highest BCUT2D eigenvalue weighted by atomic mass is 16.5. The van der Waals surface area contributed by atoms with E-state index in [2.05, 4.69) is 76.5 Å². The Bertz CT molecular complexity index is 2080. The van der Waals surface area contributed by atoms with Crippen molar-refractivity contribution in [3.8, 4) is 5.75 Å². The van der Waals surface area contributed by atoms with Crippen LogP contribution in [0.2, 0.25) is 0 Å². The first-order valence-corrected chi connectivity index (χ1v) is 19.0. The van der Waals surface area contributed by atoms with Crippen molar-refractivity contribution in [3.05, 3.63) is 76.1 Å². The summed E-state index contributed by atoms with van der Waals surface area (Å²) in [7, 11) is 4.82. The molecule has 51 heavy (non-hydrogen) atoms. The number of carbonyl (C=O) groups excluding carboxylic acids is 2. The number of aromatic amines is 2. The average Bonchev–Trinajstić information content (AvgIpc) is 3.68. The zero-order valence-corrected chi connectivity index (χ0v) is 30.4. The van der Waals surface area contributed by atoms with E-state index in [0.717, 1.165) is 78.7 Å². The molecule has 2 aliphatic carbocycles. The summed E-state index contributed by atoms with van der Waals surface area (Å²) in [6, 6.07) is 13.1. The Morgan fingerprint density at radius 1 is 1.02 bits per heavy atom. The van der Waals surface area contributed by atoms with Gasteiger partial charge in [-0.1, -0.05) is 43.2 Å². The molecule has 2 aromatic heterocycles. The van der Waals surface area contributed by atoms with Gasteiger partial charge in [0.05, 0.1) is 27.2 Å². The molecule has 0 amide bonds. The lowest BCUT2D eigenvalue weighted by atomic mass is 9.56. The third-order valence-corrected chi connectivity index (χ3v) is 13.7. The van der Waals surface area contributed by atoms with Crippen LogP contribution in [-0.2, 0) is 37.3 Å². The summed E-state index contributed by atoms with van der Waals surface area (Å²) in [5.74, 6) is 1.07. The number of piperidine rings is 3. The van der Waals surface area contributed by atoms with Gasteiger partial charge >= 0.3 is 11.9 Å². The summed E-state index contributed by atoms with van der Waals surface area (Å²) in [5, 5.41) is 6.02. The Hall–Kier alpha value is -4.08. The van der Waals surface area contributed by atoms with Crippen LogP contribution >= 0.6 is 0 Å². The molecular formula is C42H50N4O5. The maximum Gasteiger partial charge on any atom is 0.319 e. The van der Waals surface area contributed by atoms with Crippen molar-refractivity contribution in [3.63, 3.8) is 0 Å². The van der Waals surface area contributed by atoms with E-state index in [4.69, 9.17) is 14.2 Å². The Balaban J connectivity index is 1.26. The number of esters is 2. The second-order valence-electron chi connectivity index (χ2n) is 15.8. The number of hydrogen-bond acceptors (Lipinski definition) is 7. The highest BCUT2D eigenvalue weighted by Gasteiger charge is 2.62. The van der Waals surface area contributed by atoms with E-state index < -0.39 is 5.41 Å². The minimum absolute atomic E-state index is 0.00336. The molecule has 4 fully saturated rings. The molecule has 2 unspecified atom stereocenters. The number of hydrogen-bond donors (Lipinski definition) is 3. The molecular weight excluding hydrogens is 640 g/mol. The van der Waals surface area contributed by atoms with Crippen molar-refractivity contribution in [1.29, 1.82) is 0 Å². The maximum atomic E-state index is 14.2. The van der Waals surface area contributed by atoms with Crippen molar-refractivity contribution >= 4 is 33.7 Å². The summed E-state index contributed by atoms with van der Waals surface area (Å²) in [5.41, 5.74) is 8.40. The van der Waals surface area contributed by atoms with Crippen LogP contribution in [-0.4, -0.2) is 79.9 Å². The lowest BCUT2D eigenvalue weighted by molar-refractivity contribution is -0.162. The first-order valence-electron chi connectivity index (χ1n) is 19.0. The fraction of sp³-hybridized carbons (Fsp3) is 0.524. The highest BCUT2D eigenvalue weighted by molar-refractivity contribution is 5.93. The Labute approximate surface area is 299 Å². The lowest BCUT2D eigenvalue weighted by Gasteiger charge is -2.57. The third-order valence-electron chi connectivity index (χ3n) is 13.7. The number of carbonyl (C=O) groups is 2. The largest absolute Gasteiger partial charge is 0.496 e. The van der Waals surface area contributed by atoms with Crippen molar-refractivity contribution in [2.75, 3.05) is 41.0 Å². The molecule has 2 aromatic carbocycles. The zero-order chi connectivity index (χ0) is 35.2. The molecule has 6 aliphatic rings. The van der Waals surface area contributed by atoms with Crippen molar-refractivity contribution in [2.45, 2.75) is 75.8 Å². The van der Waals surface area contributed by atoms with E-state index in [0.29, 0.717) is 18.3 Å². The standard InChI is InChI=1S/C42H50N4O5/c1-6-23-14-22-19-42(41(48)51-5)38-26(12-13-46(21-22)39(23)42)28-18-35(49-3)29(16-33(28)45-38)30-15-27-24(7-2)20-43-34(36(27)40(47)50-4)17-31-25-10-8-9-11-32(25)44-37(30)31/h7-11,16,18,22-23,27,30,34,36,39,43-45H,6,12-15,17,19-21H2,1-5H3/b24-7-/t22-,23-,27-,30+,34+,36?,39-,42+/m0/s1. The average molecular weight is 691 g/mol. The summed E-state index contributed by atoms with van der Waals surface area (Å²) in [6.45, 7) is 7.08. The fourth-order valence-corrected chi connectivity index (χ4v) is 11.7. The number of aromatic nitrogens is 2. The van der Waals surface area contributed by atoms with Gasteiger partial charge in [-0.2, -0.15) is 0 Å². The third kappa shape index (κ3) is 4.66. The number of nitrogens with one attached hydrogen (secondary N) is 3. The smallest absolute Gasteiger partial charge is 0.319 e. The normalized spacial score (nSPS) is 33.2. The van der Waals surface area contributed by atoms with Crippen molar-refractivity contribution in [2.24, 2.45) is 23.7 Å². The van der Waals surface area contributed by atoms with Gasteiger partial charge in [0, 0.05) is 76.4 Å². The molecule has 3 N–H and O–H groups in total. The molecule has 0 spiro atoms. The lowest BCUT2D eigenvalue weighted by Crippen LogP contribution is -2.67. The van der Waals surface area contributed by atoms with E-state index in [1.54, 1.807) is 14.2 Å². The molecule has 1 saturated carbocycles. The van der Waals surface area contributed by atoms with Crippen LogP contribution in [0.1, 0.15) is 73.5 Å². The molecule has 10 rings (SSSR count). The van der Waals surface area contributed by atoms with Crippen LogP contribution in [0.4, 0.5) is 0 Å². The zero-order valence-electron chi connectivity index (χ0n) is 30.4. The molecule has 0 radical (unpaired) electrons. The SMILES string of the molecule is C/C=C1/CN[C@@H]2Cc3c([nH]c4ccccc34)[C@@H](c3cc4[nH]c5c(c4cc3OC)CCN3C[C@H]4C[C@H](CC)[C@H]3[C@@]5(C(=O)OC)C4)C[C@@H]1C2C(=O)OC. The Morgan fingerprint density at radius 3 is 2.63 bits per heavy atom. The number of para-hydroxylation sites is 1. The van der Waals surface area contributed by atoms with Gasteiger partial charge in [0.15, 0.2) is 0 Å². The van der Waals surface area contributed by atoms with Gasteiger partial charge in [0.2, 0.25) is 0 Å². The quantitative estimate of drug-likeness (QED) is 0.170. The number of fused-ring (bicyclic) bond motifs is 9. The number of H-pyrrole nitrogens is 2. The summed E-state index contributed by atoms with van der Waals surface area (Å²) in [6.07, 6.45) is 7.53. The van der Waals surface area contributed by atoms with Gasteiger partial charge in [0.1, 0.15) is 11.2 Å². The molecule has 9 nitrogen and oxygen atoms in total. The molecule has 6 bridgehead atoms. The van der Waals surface area contributed by atoms with Crippen LogP contribution in [0.15, 0.2) is 48.0 Å². The van der Waals surface area contributed by atoms with E-state index in [1.165, 1.54) is 41.3 Å². The second kappa shape index (κ2) is 12.3. The second-order valence-corrected chi connectivity index (χ2v) is 15.8. The highest BCUT2D eigenvalue weighted by Crippen LogP contribution is 2.56. The Morgan fingerprint density at radius 2 is 1.86 bits per heavy atom. The minimum Gasteiger partial charge on any atom is -0.496 e. The number of nitrogens with zero attached hydrogens (tertiary/aromatic N) is 1. The van der Waals surface area contributed by atoms with Gasteiger partial charge in [-0.15, -0.1) is 0 Å². The monoisotopic (exact) mass is 690 g/mol. The predicted octanol–water partition coefficient (Wildman–Crippen LogP) is 6.15. The van der Waals surface area contributed by atoms with Crippen LogP contribution in [0.3, 0.4) is 0 Å². The topological polar surface area (TPSA) is 109 Å². The Kier molecular flexibility index (Phi) is 7.89. The van der Waals surface area contributed by atoms with E-state index in [-0.39, 0.29) is 41.8 Å². The number of benzene rings is 2. The van der Waals surface area contributed by atoms with Gasteiger partial charge in [-0.25, -0.2) is 0 Å². The summed E-state index contributed by atoms with van der Waals surface area (Å²) in [4.78, 5) is 38.2. The van der Waals surface area contributed by atoms with Crippen LogP contribution < -0.4 is 10.1 Å².